The van der Waals surface area contributed by atoms with Gasteiger partial charge in [-0.15, -0.1) is 0 Å². The number of nitrogens with one attached hydrogen (secondary N) is 2. The largest absolute Gasteiger partial charge is 0.371 e. The van der Waals surface area contributed by atoms with Crippen molar-refractivity contribution in [2.24, 2.45) is 5.92 Å². The first-order chi connectivity index (χ1) is 12.9. The smallest absolute Gasteiger partial charge is 0.171 e. The second-order valence-electron chi connectivity index (χ2n) is 7.92. The van der Waals surface area contributed by atoms with Gasteiger partial charge < -0.3 is 15.5 Å². The zero-order valence-electron chi connectivity index (χ0n) is 16.9. The van der Waals surface area contributed by atoms with E-state index in [-0.39, 0.29) is 6.04 Å². The van der Waals surface area contributed by atoms with Crippen LogP contribution in [0.1, 0.15) is 49.4 Å². The highest BCUT2D eigenvalue weighted by atomic mass is 32.1. The fourth-order valence-electron chi connectivity index (χ4n) is 3.71. The summed E-state index contributed by atoms with van der Waals surface area (Å²) in [7, 11) is 0. The Kier molecular flexibility index (Phi) is 6.38. The van der Waals surface area contributed by atoms with Crippen molar-refractivity contribution in [3.63, 3.8) is 0 Å². The van der Waals surface area contributed by atoms with E-state index in [1.54, 1.807) is 0 Å². The van der Waals surface area contributed by atoms with Gasteiger partial charge in [-0.1, -0.05) is 31.2 Å². The molecule has 1 aliphatic rings. The molecule has 0 bridgehead atoms. The minimum absolute atomic E-state index is 0.157. The van der Waals surface area contributed by atoms with Crippen LogP contribution in [0, 0.1) is 19.8 Å². The van der Waals surface area contributed by atoms with Gasteiger partial charge in [-0.05, 0) is 86.6 Å². The monoisotopic (exact) mass is 381 g/mol. The molecule has 1 fully saturated rings. The van der Waals surface area contributed by atoms with Gasteiger partial charge in [0.1, 0.15) is 0 Å². The molecule has 2 aromatic carbocycles. The maximum absolute atomic E-state index is 5.53. The molecule has 0 unspecified atom stereocenters. The summed E-state index contributed by atoms with van der Waals surface area (Å²) in [5.74, 6) is 0.785. The van der Waals surface area contributed by atoms with Crippen LogP contribution in [0.25, 0.3) is 0 Å². The molecule has 0 spiro atoms. The van der Waals surface area contributed by atoms with E-state index in [1.165, 1.54) is 41.8 Å². The van der Waals surface area contributed by atoms with Crippen LogP contribution < -0.4 is 15.5 Å². The summed E-state index contributed by atoms with van der Waals surface area (Å²) < 4.78 is 0. The minimum atomic E-state index is 0.157. The summed E-state index contributed by atoms with van der Waals surface area (Å²) in [4.78, 5) is 2.50. The molecule has 0 saturated carbocycles. The summed E-state index contributed by atoms with van der Waals surface area (Å²) in [6.07, 6.45) is 2.64. The van der Waals surface area contributed by atoms with Crippen LogP contribution in [-0.2, 0) is 0 Å². The highest BCUT2D eigenvalue weighted by Gasteiger charge is 2.17. The fourth-order valence-corrected chi connectivity index (χ4v) is 3.99. The van der Waals surface area contributed by atoms with E-state index in [4.69, 9.17) is 12.2 Å². The molecule has 0 aliphatic carbocycles. The summed E-state index contributed by atoms with van der Waals surface area (Å²) >= 11 is 5.53. The number of hydrogen-bond acceptors (Lipinski definition) is 2. The second-order valence-corrected chi connectivity index (χ2v) is 8.33. The average Bonchev–Trinajstić information content (AvgIpc) is 2.65. The third kappa shape index (κ3) is 5.23. The summed E-state index contributed by atoms with van der Waals surface area (Å²) in [6, 6.07) is 15.4. The van der Waals surface area contributed by atoms with E-state index >= 15 is 0 Å². The van der Waals surface area contributed by atoms with E-state index < -0.39 is 0 Å². The van der Waals surface area contributed by atoms with Crippen LogP contribution in [0.2, 0.25) is 0 Å². The maximum atomic E-state index is 5.53. The lowest BCUT2D eigenvalue weighted by atomic mass is 9.99. The van der Waals surface area contributed by atoms with E-state index in [0.717, 1.165) is 18.2 Å². The van der Waals surface area contributed by atoms with E-state index in [1.807, 2.05) is 0 Å². The van der Waals surface area contributed by atoms with Gasteiger partial charge in [0.05, 0.1) is 6.04 Å². The molecule has 1 saturated heterocycles. The Morgan fingerprint density at radius 1 is 1.15 bits per heavy atom. The van der Waals surface area contributed by atoms with Crippen molar-refractivity contribution in [3.8, 4) is 0 Å². The lowest BCUT2D eigenvalue weighted by Gasteiger charge is -2.33. The zero-order valence-corrected chi connectivity index (χ0v) is 17.7. The van der Waals surface area contributed by atoms with Gasteiger partial charge in [0.2, 0.25) is 0 Å². The van der Waals surface area contributed by atoms with Crippen molar-refractivity contribution in [3.05, 3.63) is 59.2 Å². The molecule has 2 atom stereocenters. The lowest BCUT2D eigenvalue weighted by molar-refractivity contribution is 0.447. The van der Waals surface area contributed by atoms with Gasteiger partial charge in [-0.2, -0.15) is 0 Å². The van der Waals surface area contributed by atoms with Gasteiger partial charge in [0, 0.05) is 24.5 Å². The van der Waals surface area contributed by atoms with Crippen LogP contribution in [0.5, 0.6) is 0 Å². The molecule has 144 valence electrons. The Bertz CT molecular complexity index is 785. The number of rotatable bonds is 4. The van der Waals surface area contributed by atoms with Gasteiger partial charge in [0.15, 0.2) is 5.11 Å². The van der Waals surface area contributed by atoms with Crippen molar-refractivity contribution in [2.75, 3.05) is 23.3 Å². The molecule has 4 heteroatoms. The number of hydrogen-bond donors (Lipinski definition) is 2. The molecule has 3 rings (SSSR count). The summed E-state index contributed by atoms with van der Waals surface area (Å²) in [5, 5.41) is 7.39. The quantitative estimate of drug-likeness (QED) is 0.675. The Morgan fingerprint density at radius 2 is 1.89 bits per heavy atom. The third-order valence-corrected chi connectivity index (χ3v) is 5.62. The van der Waals surface area contributed by atoms with Crippen LogP contribution in [0.3, 0.4) is 0 Å². The first-order valence-corrected chi connectivity index (χ1v) is 10.3. The molecule has 3 nitrogen and oxygen atoms in total. The average molecular weight is 382 g/mol. The molecular weight excluding hydrogens is 350 g/mol. The Morgan fingerprint density at radius 3 is 2.59 bits per heavy atom. The SMILES string of the molecule is Cc1ccc(C)c(NC(=S)N[C@H](C)c2ccc(N3CCC[C@@H](C)C3)cc2)c1. The van der Waals surface area contributed by atoms with Crippen molar-refractivity contribution < 1.29 is 0 Å². The van der Waals surface area contributed by atoms with Crippen LogP contribution >= 0.6 is 12.2 Å². The minimum Gasteiger partial charge on any atom is -0.371 e. The highest BCUT2D eigenvalue weighted by molar-refractivity contribution is 7.80. The number of thiocarbonyl (C=S) groups is 1. The Balaban J connectivity index is 1.59. The molecular formula is C23H31N3S. The Labute approximate surface area is 169 Å². The standard InChI is InChI=1S/C23H31N3S/c1-16-7-8-18(3)22(14-16)25-23(27)24-19(4)20-9-11-21(12-10-20)26-13-5-6-17(2)15-26/h7-12,14,17,19H,5-6,13,15H2,1-4H3,(H2,24,25,27)/t17-,19-/m1/s1. The highest BCUT2D eigenvalue weighted by Crippen LogP contribution is 2.25. The van der Waals surface area contributed by atoms with Crippen LogP contribution in [0.4, 0.5) is 11.4 Å². The first kappa shape index (κ1) is 19.7. The number of nitrogens with zero attached hydrogens (tertiary/aromatic N) is 1. The third-order valence-electron chi connectivity index (χ3n) is 5.40. The van der Waals surface area contributed by atoms with Crippen molar-refractivity contribution in [1.82, 2.24) is 5.32 Å². The zero-order chi connectivity index (χ0) is 19.4. The molecule has 0 amide bonds. The second kappa shape index (κ2) is 8.75. The normalized spacial score (nSPS) is 18.1. The Hall–Kier alpha value is -2.07. The van der Waals surface area contributed by atoms with Crippen molar-refractivity contribution in [2.45, 2.75) is 46.6 Å². The van der Waals surface area contributed by atoms with Crippen LogP contribution in [-0.4, -0.2) is 18.2 Å². The lowest BCUT2D eigenvalue weighted by Crippen LogP contribution is -2.34. The topological polar surface area (TPSA) is 27.3 Å². The molecule has 0 radical (unpaired) electrons. The molecule has 1 heterocycles. The number of aryl methyl sites for hydroxylation is 2. The maximum Gasteiger partial charge on any atom is 0.171 e. The number of benzene rings is 2. The predicted octanol–water partition coefficient (Wildman–Crippen LogP) is 5.59. The van der Waals surface area contributed by atoms with Crippen LogP contribution in [0.15, 0.2) is 42.5 Å². The number of piperidine rings is 1. The van der Waals surface area contributed by atoms with E-state index in [2.05, 4.69) is 85.7 Å². The molecule has 27 heavy (non-hydrogen) atoms. The molecule has 2 aromatic rings. The molecule has 0 aromatic heterocycles. The van der Waals surface area contributed by atoms with Crippen molar-refractivity contribution >= 4 is 28.7 Å². The fraction of sp³-hybridized carbons (Fsp3) is 0.435. The van der Waals surface area contributed by atoms with Gasteiger partial charge in [0.25, 0.3) is 0 Å². The van der Waals surface area contributed by atoms with E-state index in [9.17, 15) is 0 Å². The van der Waals surface area contributed by atoms with Gasteiger partial charge >= 0.3 is 0 Å². The van der Waals surface area contributed by atoms with Crippen molar-refractivity contribution in [1.29, 1.82) is 0 Å². The van der Waals surface area contributed by atoms with Gasteiger partial charge in [-0.25, -0.2) is 0 Å². The summed E-state index contributed by atoms with van der Waals surface area (Å²) in [6.45, 7) is 11.0. The first-order valence-electron chi connectivity index (χ1n) is 9.92. The number of anilines is 2. The predicted molar refractivity (Wildman–Crippen MR) is 121 cm³/mol. The van der Waals surface area contributed by atoms with E-state index in [0.29, 0.717) is 5.11 Å². The molecule has 2 N–H and O–H groups in total. The van der Waals surface area contributed by atoms with Gasteiger partial charge in [-0.3, -0.25) is 0 Å². The summed E-state index contributed by atoms with van der Waals surface area (Å²) in [5.41, 5.74) is 6.05. The molecule has 1 aliphatic heterocycles.